The molecule has 0 radical (unpaired) electrons. The molecule has 0 saturated heterocycles. The molecule has 4 rings (SSSR count). The first-order valence-electron chi connectivity index (χ1n) is 8.66. The number of pyridine rings is 2. The number of hydrogen-bond acceptors (Lipinski definition) is 5. The first-order chi connectivity index (χ1) is 12.9. The van der Waals surface area contributed by atoms with E-state index in [1.165, 1.54) is 5.56 Å². The van der Waals surface area contributed by atoms with Crippen LogP contribution in [0.5, 0.6) is 0 Å². The first-order valence-corrected chi connectivity index (χ1v) is 9.64. The maximum atomic E-state index is 4.54. The fraction of sp³-hybridized carbons (Fsp3) is 0.200. The molecule has 1 aromatic carbocycles. The van der Waals surface area contributed by atoms with Gasteiger partial charge in [-0.3, -0.25) is 9.97 Å². The van der Waals surface area contributed by atoms with E-state index in [1.807, 2.05) is 24.4 Å². The highest BCUT2D eigenvalue weighted by atomic mass is 32.2. The molecule has 0 N–H and O–H groups in total. The lowest BCUT2D eigenvalue weighted by Gasteiger charge is -2.09. The summed E-state index contributed by atoms with van der Waals surface area (Å²) in [6, 6.07) is 14.3. The van der Waals surface area contributed by atoms with Gasteiger partial charge in [-0.1, -0.05) is 43.0 Å². The van der Waals surface area contributed by atoms with Crippen LogP contribution in [0, 0.1) is 0 Å². The van der Waals surface area contributed by atoms with Gasteiger partial charge >= 0.3 is 0 Å². The van der Waals surface area contributed by atoms with Crippen LogP contribution in [0.1, 0.15) is 18.9 Å². The average Bonchev–Trinajstić information content (AvgIpc) is 3.10. The number of thioether (sulfide) groups is 1. The Hall–Kier alpha value is -2.73. The Morgan fingerprint density at radius 3 is 2.65 bits per heavy atom. The minimum absolute atomic E-state index is 0.812. The third-order valence-electron chi connectivity index (χ3n) is 4.18. The van der Waals surface area contributed by atoms with Gasteiger partial charge in [0, 0.05) is 41.8 Å². The molecule has 0 aliphatic heterocycles. The summed E-state index contributed by atoms with van der Waals surface area (Å²) < 4.78 is 2.19. The van der Waals surface area contributed by atoms with E-state index in [9.17, 15) is 0 Å². The summed E-state index contributed by atoms with van der Waals surface area (Å²) in [5.74, 6) is 1.71. The van der Waals surface area contributed by atoms with Crippen LogP contribution in [0.15, 0.2) is 66.2 Å². The highest BCUT2D eigenvalue weighted by Crippen LogP contribution is 2.28. The molecule has 3 heterocycles. The predicted octanol–water partition coefficient (Wildman–Crippen LogP) is 4.59. The molecule has 0 aliphatic carbocycles. The van der Waals surface area contributed by atoms with Gasteiger partial charge in [-0.25, -0.2) is 0 Å². The van der Waals surface area contributed by atoms with Gasteiger partial charge in [0.2, 0.25) is 0 Å². The van der Waals surface area contributed by atoms with Crippen LogP contribution in [-0.2, 0) is 12.3 Å². The summed E-state index contributed by atoms with van der Waals surface area (Å²) in [6.07, 6.45) is 6.45. The summed E-state index contributed by atoms with van der Waals surface area (Å²) in [4.78, 5) is 8.63. The Labute approximate surface area is 156 Å². The number of aromatic nitrogens is 5. The molecule has 3 aromatic heterocycles. The molecule has 0 saturated carbocycles. The van der Waals surface area contributed by atoms with Crippen molar-refractivity contribution in [3.8, 4) is 11.4 Å². The minimum Gasteiger partial charge on any atom is -0.302 e. The second kappa shape index (κ2) is 7.66. The molecule has 0 spiro atoms. The lowest BCUT2D eigenvalue weighted by atomic mass is 10.1. The Balaban J connectivity index is 1.63. The van der Waals surface area contributed by atoms with E-state index < -0.39 is 0 Å². The Morgan fingerprint density at radius 2 is 1.81 bits per heavy atom. The van der Waals surface area contributed by atoms with Crippen LogP contribution in [0.25, 0.3) is 22.3 Å². The second-order valence-corrected chi connectivity index (χ2v) is 6.92. The number of rotatable bonds is 6. The van der Waals surface area contributed by atoms with Crippen LogP contribution in [-0.4, -0.2) is 24.7 Å². The Kier molecular flexibility index (Phi) is 4.93. The maximum Gasteiger partial charge on any atom is 0.191 e. The topological polar surface area (TPSA) is 56.5 Å². The van der Waals surface area contributed by atoms with Crippen molar-refractivity contribution in [2.45, 2.75) is 30.8 Å². The summed E-state index contributed by atoms with van der Waals surface area (Å²) in [5, 5.41) is 11.0. The fourth-order valence-electron chi connectivity index (χ4n) is 2.96. The third kappa shape index (κ3) is 3.32. The normalized spacial score (nSPS) is 11.1. The zero-order valence-corrected chi connectivity index (χ0v) is 15.4. The third-order valence-corrected chi connectivity index (χ3v) is 5.19. The van der Waals surface area contributed by atoms with E-state index >= 15 is 0 Å². The van der Waals surface area contributed by atoms with Crippen LogP contribution < -0.4 is 0 Å². The molecule has 4 aromatic rings. The van der Waals surface area contributed by atoms with E-state index in [4.69, 9.17) is 0 Å². The van der Waals surface area contributed by atoms with Gasteiger partial charge in [-0.05, 0) is 30.2 Å². The van der Waals surface area contributed by atoms with Crippen molar-refractivity contribution in [3.63, 3.8) is 0 Å². The van der Waals surface area contributed by atoms with E-state index in [0.29, 0.717) is 0 Å². The standard InChI is InChI=1S/C20H19N5S/c1-2-13-25-19(16-8-11-21-12-9-16)23-24-20(25)26-14-17-6-3-5-15-7-4-10-22-18(15)17/h3-12H,2,13-14H2,1H3. The number of fused-ring (bicyclic) bond motifs is 1. The second-order valence-electron chi connectivity index (χ2n) is 5.97. The van der Waals surface area contributed by atoms with E-state index in [2.05, 4.69) is 55.9 Å². The molecule has 0 fully saturated rings. The monoisotopic (exact) mass is 361 g/mol. The van der Waals surface area contributed by atoms with Gasteiger partial charge < -0.3 is 4.57 Å². The number of hydrogen-bond donors (Lipinski definition) is 0. The van der Waals surface area contributed by atoms with Gasteiger partial charge in [-0.2, -0.15) is 0 Å². The molecule has 6 heteroatoms. The summed E-state index contributed by atoms with van der Waals surface area (Å²) >= 11 is 1.70. The Bertz CT molecular complexity index is 1010. The zero-order valence-electron chi connectivity index (χ0n) is 14.5. The van der Waals surface area contributed by atoms with Crippen molar-refractivity contribution < 1.29 is 0 Å². The van der Waals surface area contributed by atoms with Gasteiger partial charge in [0.15, 0.2) is 11.0 Å². The molecule has 0 unspecified atom stereocenters. The minimum atomic E-state index is 0.812. The van der Waals surface area contributed by atoms with Crippen molar-refractivity contribution >= 4 is 22.7 Å². The van der Waals surface area contributed by atoms with Crippen molar-refractivity contribution in [1.29, 1.82) is 0 Å². The van der Waals surface area contributed by atoms with Crippen molar-refractivity contribution in [2.24, 2.45) is 0 Å². The lowest BCUT2D eigenvalue weighted by Crippen LogP contribution is -2.02. The van der Waals surface area contributed by atoms with Gasteiger partial charge in [-0.15, -0.1) is 10.2 Å². The van der Waals surface area contributed by atoms with Crippen LogP contribution in [0.3, 0.4) is 0 Å². The number of para-hydroxylation sites is 1. The summed E-state index contributed by atoms with van der Waals surface area (Å²) in [5.41, 5.74) is 3.31. The molecule has 26 heavy (non-hydrogen) atoms. The van der Waals surface area contributed by atoms with Gasteiger partial charge in [0.1, 0.15) is 0 Å². The van der Waals surface area contributed by atoms with Crippen molar-refractivity contribution in [3.05, 3.63) is 66.6 Å². The SMILES string of the molecule is CCCn1c(SCc2cccc3cccnc23)nnc1-c1ccncc1. The lowest BCUT2D eigenvalue weighted by molar-refractivity contribution is 0.626. The molecular weight excluding hydrogens is 342 g/mol. The number of benzene rings is 1. The number of nitrogens with zero attached hydrogens (tertiary/aromatic N) is 5. The molecular formula is C20H19N5S. The molecule has 130 valence electrons. The van der Waals surface area contributed by atoms with Gasteiger partial charge in [0.05, 0.1) is 5.52 Å². The summed E-state index contributed by atoms with van der Waals surface area (Å²) in [7, 11) is 0. The molecule has 0 aliphatic rings. The first kappa shape index (κ1) is 16.7. The van der Waals surface area contributed by atoms with E-state index in [-0.39, 0.29) is 0 Å². The molecule has 0 atom stereocenters. The van der Waals surface area contributed by atoms with E-state index in [0.717, 1.165) is 46.2 Å². The van der Waals surface area contributed by atoms with Crippen molar-refractivity contribution in [2.75, 3.05) is 0 Å². The average molecular weight is 361 g/mol. The van der Waals surface area contributed by atoms with Crippen LogP contribution in [0.4, 0.5) is 0 Å². The predicted molar refractivity (Wildman–Crippen MR) is 105 cm³/mol. The highest BCUT2D eigenvalue weighted by Gasteiger charge is 2.14. The Morgan fingerprint density at radius 1 is 0.962 bits per heavy atom. The smallest absolute Gasteiger partial charge is 0.191 e. The largest absolute Gasteiger partial charge is 0.302 e. The van der Waals surface area contributed by atoms with Crippen LogP contribution >= 0.6 is 11.8 Å². The summed E-state index contributed by atoms with van der Waals surface area (Å²) in [6.45, 7) is 3.06. The van der Waals surface area contributed by atoms with E-state index in [1.54, 1.807) is 24.2 Å². The quantitative estimate of drug-likeness (QED) is 0.470. The van der Waals surface area contributed by atoms with Crippen molar-refractivity contribution in [1.82, 2.24) is 24.7 Å². The maximum absolute atomic E-state index is 4.54. The molecule has 0 amide bonds. The fourth-order valence-corrected chi connectivity index (χ4v) is 3.91. The van der Waals surface area contributed by atoms with Gasteiger partial charge in [0.25, 0.3) is 0 Å². The zero-order chi connectivity index (χ0) is 17.8. The molecule has 0 bridgehead atoms. The molecule has 5 nitrogen and oxygen atoms in total. The highest BCUT2D eigenvalue weighted by molar-refractivity contribution is 7.98. The van der Waals surface area contributed by atoms with Crippen LogP contribution in [0.2, 0.25) is 0 Å².